The van der Waals surface area contributed by atoms with Crippen LogP contribution in [0.2, 0.25) is 5.02 Å². The van der Waals surface area contributed by atoms with Crippen molar-refractivity contribution in [3.63, 3.8) is 0 Å². The first-order valence-electron chi connectivity index (χ1n) is 5.30. The second kappa shape index (κ2) is 6.18. The molecule has 0 heterocycles. The molecule has 1 rings (SSSR count). The molecule has 1 aromatic carbocycles. The van der Waals surface area contributed by atoms with Crippen LogP contribution < -0.4 is 5.73 Å². The Morgan fingerprint density at radius 2 is 2.19 bits per heavy atom. The summed E-state index contributed by atoms with van der Waals surface area (Å²) < 4.78 is 18.1. The molecule has 0 amide bonds. The highest BCUT2D eigenvalue weighted by atomic mass is 35.5. The molecule has 2 N–H and O–H groups in total. The first-order valence-corrected chi connectivity index (χ1v) is 5.68. The summed E-state index contributed by atoms with van der Waals surface area (Å²) in [6.45, 7) is 2.01. The van der Waals surface area contributed by atoms with Crippen LogP contribution in [0.15, 0.2) is 18.2 Å². The maximum atomic E-state index is 12.8. The minimum atomic E-state index is -0.332. The van der Waals surface area contributed by atoms with Gasteiger partial charge in [0.1, 0.15) is 5.82 Å². The summed E-state index contributed by atoms with van der Waals surface area (Å²) in [5.41, 5.74) is 6.85. The molecule has 0 bridgehead atoms. The topological polar surface area (TPSA) is 35.2 Å². The predicted octanol–water partition coefficient (Wildman–Crippen LogP) is 2.77. The number of methoxy groups -OCH3 is 1. The standard InChI is InChI=1S/C12H17ClFNO/c1-3-12(16-2)11(15)6-8-4-5-9(14)7-10(8)13/h4-5,7,11-12H,3,6,15H2,1-2H3. The molecule has 1 aromatic rings. The van der Waals surface area contributed by atoms with Gasteiger partial charge in [-0.3, -0.25) is 0 Å². The molecular weight excluding hydrogens is 229 g/mol. The molecule has 0 aliphatic carbocycles. The molecule has 2 atom stereocenters. The van der Waals surface area contributed by atoms with E-state index in [0.29, 0.717) is 11.4 Å². The fraction of sp³-hybridized carbons (Fsp3) is 0.500. The number of hydrogen-bond acceptors (Lipinski definition) is 2. The molecule has 4 heteroatoms. The quantitative estimate of drug-likeness (QED) is 0.866. The van der Waals surface area contributed by atoms with Crippen LogP contribution in [0, 0.1) is 5.82 Å². The third-order valence-electron chi connectivity index (χ3n) is 2.65. The number of nitrogens with two attached hydrogens (primary N) is 1. The van der Waals surface area contributed by atoms with Gasteiger partial charge in [0, 0.05) is 18.2 Å². The maximum absolute atomic E-state index is 12.8. The third-order valence-corrected chi connectivity index (χ3v) is 3.01. The first-order chi connectivity index (χ1) is 7.58. The average molecular weight is 246 g/mol. The molecule has 0 aromatic heterocycles. The average Bonchev–Trinajstić information content (AvgIpc) is 2.24. The summed E-state index contributed by atoms with van der Waals surface area (Å²) in [6.07, 6.45) is 1.43. The van der Waals surface area contributed by atoms with Gasteiger partial charge in [-0.1, -0.05) is 24.6 Å². The van der Waals surface area contributed by atoms with Crippen molar-refractivity contribution in [2.75, 3.05) is 7.11 Å². The minimum absolute atomic E-state index is 0.00104. The molecule has 0 radical (unpaired) electrons. The predicted molar refractivity (Wildman–Crippen MR) is 64.2 cm³/mol. The lowest BCUT2D eigenvalue weighted by Crippen LogP contribution is -2.37. The Morgan fingerprint density at radius 1 is 1.50 bits per heavy atom. The Hall–Kier alpha value is -0.640. The zero-order valence-corrected chi connectivity index (χ0v) is 10.3. The van der Waals surface area contributed by atoms with E-state index in [1.807, 2.05) is 6.92 Å². The van der Waals surface area contributed by atoms with E-state index in [-0.39, 0.29) is 18.0 Å². The van der Waals surface area contributed by atoms with Crippen LogP contribution in [-0.2, 0) is 11.2 Å². The maximum Gasteiger partial charge on any atom is 0.124 e. The number of benzene rings is 1. The highest BCUT2D eigenvalue weighted by molar-refractivity contribution is 6.31. The molecule has 90 valence electrons. The highest BCUT2D eigenvalue weighted by Crippen LogP contribution is 2.19. The Kier molecular flexibility index (Phi) is 5.19. The smallest absolute Gasteiger partial charge is 0.124 e. The van der Waals surface area contributed by atoms with Gasteiger partial charge in [0.05, 0.1) is 6.10 Å². The molecule has 0 aliphatic rings. The molecule has 16 heavy (non-hydrogen) atoms. The van der Waals surface area contributed by atoms with E-state index >= 15 is 0 Å². The van der Waals surface area contributed by atoms with Crippen LogP contribution in [0.25, 0.3) is 0 Å². The Balaban J connectivity index is 2.72. The van der Waals surface area contributed by atoms with Crippen molar-refractivity contribution >= 4 is 11.6 Å². The van der Waals surface area contributed by atoms with Gasteiger partial charge < -0.3 is 10.5 Å². The lowest BCUT2D eigenvalue weighted by Gasteiger charge is -2.21. The van der Waals surface area contributed by atoms with Gasteiger partial charge in [-0.05, 0) is 30.5 Å². The van der Waals surface area contributed by atoms with Crippen LogP contribution in [0.1, 0.15) is 18.9 Å². The van der Waals surface area contributed by atoms with Crippen LogP contribution in [-0.4, -0.2) is 19.3 Å². The normalized spacial score (nSPS) is 14.8. The van der Waals surface area contributed by atoms with E-state index in [4.69, 9.17) is 22.1 Å². The van der Waals surface area contributed by atoms with Gasteiger partial charge in [0.15, 0.2) is 0 Å². The fourth-order valence-electron chi connectivity index (χ4n) is 1.72. The molecule has 0 aliphatic heterocycles. The van der Waals surface area contributed by atoms with E-state index in [0.717, 1.165) is 12.0 Å². The summed E-state index contributed by atoms with van der Waals surface area (Å²) >= 11 is 5.93. The van der Waals surface area contributed by atoms with Gasteiger partial charge in [0.25, 0.3) is 0 Å². The second-order valence-electron chi connectivity index (χ2n) is 3.79. The SMILES string of the molecule is CCC(OC)C(N)Cc1ccc(F)cc1Cl. The molecule has 0 spiro atoms. The lowest BCUT2D eigenvalue weighted by atomic mass is 10.0. The van der Waals surface area contributed by atoms with Crippen LogP contribution in [0.5, 0.6) is 0 Å². The van der Waals surface area contributed by atoms with Crippen LogP contribution >= 0.6 is 11.6 Å². The second-order valence-corrected chi connectivity index (χ2v) is 4.19. The van der Waals surface area contributed by atoms with E-state index < -0.39 is 0 Å². The molecule has 2 nitrogen and oxygen atoms in total. The Labute approximate surface area is 101 Å². The van der Waals surface area contributed by atoms with Gasteiger partial charge in [-0.25, -0.2) is 4.39 Å². The van der Waals surface area contributed by atoms with Crippen molar-refractivity contribution < 1.29 is 9.13 Å². The van der Waals surface area contributed by atoms with Gasteiger partial charge in [-0.15, -0.1) is 0 Å². The van der Waals surface area contributed by atoms with Gasteiger partial charge >= 0.3 is 0 Å². The number of hydrogen-bond donors (Lipinski definition) is 1. The summed E-state index contributed by atoms with van der Waals surface area (Å²) in [5.74, 6) is -0.332. The molecule has 0 fully saturated rings. The highest BCUT2D eigenvalue weighted by Gasteiger charge is 2.16. The van der Waals surface area contributed by atoms with Crippen molar-refractivity contribution in [1.29, 1.82) is 0 Å². The largest absolute Gasteiger partial charge is 0.380 e. The Bertz CT molecular complexity index is 342. The van der Waals surface area contributed by atoms with E-state index in [1.165, 1.54) is 12.1 Å². The lowest BCUT2D eigenvalue weighted by molar-refractivity contribution is 0.0773. The zero-order valence-electron chi connectivity index (χ0n) is 9.54. The number of ether oxygens (including phenoxy) is 1. The summed E-state index contributed by atoms with van der Waals surface area (Å²) in [4.78, 5) is 0. The molecule has 0 saturated carbocycles. The summed E-state index contributed by atoms with van der Waals surface area (Å²) in [5, 5.41) is 0.418. The van der Waals surface area contributed by atoms with Crippen molar-refractivity contribution in [3.05, 3.63) is 34.6 Å². The molecule has 2 unspecified atom stereocenters. The summed E-state index contributed by atoms with van der Waals surface area (Å²) in [6, 6.07) is 4.23. The Morgan fingerprint density at radius 3 is 2.69 bits per heavy atom. The number of rotatable bonds is 5. The fourth-order valence-corrected chi connectivity index (χ4v) is 1.96. The van der Waals surface area contributed by atoms with Crippen molar-refractivity contribution in [1.82, 2.24) is 0 Å². The summed E-state index contributed by atoms with van der Waals surface area (Å²) in [7, 11) is 1.64. The van der Waals surface area contributed by atoms with E-state index in [2.05, 4.69) is 0 Å². The van der Waals surface area contributed by atoms with Crippen LogP contribution in [0.3, 0.4) is 0 Å². The minimum Gasteiger partial charge on any atom is -0.380 e. The molecule has 0 saturated heterocycles. The van der Waals surface area contributed by atoms with Crippen LogP contribution in [0.4, 0.5) is 4.39 Å². The van der Waals surface area contributed by atoms with Gasteiger partial charge in [0.2, 0.25) is 0 Å². The van der Waals surface area contributed by atoms with Crippen molar-refractivity contribution in [2.24, 2.45) is 5.73 Å². The number of halogens is 2. The molecular formula is C12H17ClFNO. The first kappa shape index (κ1) is 13.4. The van der Waals surface area contributed by atoms with Gasteiger partial charge in [-0.2, -0.15) is 0 Å². The van der Waals surface area contributed by atoms with Crippen molar-refractivity contribution in [3.8, 4) is 0 Å². The third kappa shape index (κ3) is 3.44. The monoisotopic (exact) mass is 245 g/mol. The van der Waals surface area contributed by atoms with Crippen molar-refractivity contribution in [2.45, 2.75) is 31.9 Å². The van der Waals surface area contributed by atoms with E-state index in [1.54, 1.807) is 13.2 Å². The zero-order chi connectivity index (χ0) is 12.1. The van der Waals surface area contributed by atoms with E-state index in [9.17, 15) is 4.39 Å².